The Morgan fingerprint density at radius 2 is 1.81 bits per heavy atom. The van der Waals surface area contributed by atoms with Crippen LogP contribution < -0.4 is 5.32 Å². The molecule has 0 aromatic heterocycles. The molecule has 21 heavy (non-hydrogen) atoms. The molecule has 1 aliphatic rings. The summed E-state index contributed by atoms with van der Waals surface area (Å²) in [5, 5.41) is 3.18. The molecule has 1 atom stereocenters. The normalized spacial score (nSPS) is 17.6. The Morgan fingerprint density at radius 1 is 1.24 bits per heavy atom. The fourth-order valence-corrected chi connectivity index (χ4v) is 2.47. The number of carbonyl (C=O) groups is 1. The van der Waals surface area contributed by atoms with E-state index in [1.54, 1.807) is 0 Å². The zero-order valence-corrected chi connectivity index (χ0v) is 11.9. The summed E-state index contributed by atoms with van der Waals surface area (Å²) >= 11 is 0. The number of hydrogen-bond acceptors (Lipinski definition) is 2. The molecule has 2 rings (SSSR count). The highest BCUT2D eigenvalue weighted by atomic mass is 19.4. The highest BCUT2D eigenvalue weighted by molar-refractivity contribution is 5.79. The first-order valence-corrected chi connectivity index (χ1v) is 7.03. The van der Waals surface area contributed by atoms with E-state index in [1.807, 2.05) is 11.8 Å². The average Bonchev–Trinajstić information content (AvgIpc) is 2.47. The summed E-state index contributed by atoms with van der Waals surface area (Å²) < 4.78 is 37.5. The van der Waals surface area contributed by atoms with Gasteiger partial charge in [0.1, 0.15) is 0 Å². The Bertz CT molecular complexity index is 479. The van der Waals surface area contributed by atoms with Crippen LogP contribution in [0.4, 0.5) is 13.2 Å². The SMILES string of the molecule is CC(Cc1ccc(C(F)(F)F)cc1)C(=O)N1CCNCC1. The molecule has 1 aliphatic heterocycles. The Hall–Kier alpha value is -1.56. The molecule has 0 saturated carbocycles. The van der Waals surface area contributed by atoms with Crippen molar-refractivity contribution in [2.24, 2.45) is 5.92 Å². The Kier molecular flexibility index (Phi) is 4.88. The third kappa shape index (κ3) is 4.20. The van der Waals surface area contributed by atoms with E-state index in [-0.39, 0.29) is 11.8 Å². The van der Waals surface area contributed by atoms with Gasteiger partial charge in [0, 0.05) is 32.1 Å². The number of nitrogens with zero attached hydrogens (tertiary/aromatic N) is 1. The molecule has 1 unspecified atom stereocenters. The van der Waals surface area contributed by atoms with Gasteiger partial charge in [0.2, 0.25) is 5.91 Å². The van der Waals surface area contributed by atoms with Crippen molar-refractivity contribution in [3.05, 3.63) is 35.4 Å². The van der Waals surface area contributed by atoms with E-state index < -0.39 is 11.7 Å². The first-order valence-electron chi connectivity index (χ1n) is 7.03. The van der Waals surface area contributed by atoms with Crippen LogP contribution in [0.15, 0.2) is 24.3 Å². The van der Waals surface area contributed by atoms with Gasteiger partial charge in [0.25, 0.3) is 0 Å². The minimum absolute atomic E-state index is 0.0661. The third-order valence-corrected chi connectivity index (χ3v) is 3.67. The van der Waals surface area contributed by atoms with Crippen LogP contribution in [0.5, 0.6) is 0 Å². The Morgan fingerprint density at radius 3 is 2.33 bits per heavy atom. The highest BCUT2D eigenvalue weighted by Crippen LogP contribution is 2.29. The van der Waals surface area contributed by atoms with Gasteiger partial charge in [0.05, 0.1) is 5.56 Å². The van der Waals surface area contributed by atoms with Gasteiger partial charge < -0.3 is 10.2 Å². The largest absolute Gasteiger partial charge is 0.416 e. The first kappa shape index (κ1) is 15.8. The second-order valence-electron chi connectivity index (χ2n) is 5.38. The van der Waals surface area contributed by atoms with Crippen LogP contribution >= 0.6 is 0 Å². The molecular formula is C15H19F3N2O. The summed E-state index contributed by atoms with van der Waals surface area (Å²) in [5.74, 6) is -0.156. The number of alkyl halides is 3. The van der Waals surface area contributed by atoms with E-state index in [0.29, 0.717) is 19.5 Å². The zero-order chi connectivity index (χ0) is 15.5. The predicted molar refractivity (Wildman–Crippen MR) is 73.8 cm³/mol. The number of benzene rings is 1. The summed E-state index contributed by atoms with van der Waals surface area (Å²) in [4.78, 5) is 14.1. The van der Waals surface area contributed by atoms with Gasteiger partial charge >= 0.3 is 6.18 Å². The van der Waals surface area contributed by atoms with Gasteiger partial charge in [0.15, 0.2) is 0 Å². The zero-order valence-electron chi connectivity index (χ0n) is 11.9. The molecule has 3 nitrogen and oxygen atoms in total. The van der Waals surface area contributed by atoms with Gasteiger partial charge in [-0.15, -0.1) is 0 Å². The number of hydrogen-bond donors (Lipinski definition) is 1. The lowest BCUT2D eigenvalue weighted by Gasteiger charge is -2.29. The van der Waals surface area contributed by atoms with Crippen LogP contribution in [-0.2, 0) is 17.4 Å². The topological polar surface area (TPSA) is 32.3 Å². The summed E-state index contributed by atoms with van der Waals surface area (Å²) in [7, 11) is 0. The molecule has 1 N–H and O–H groups in total. The van der Waals surface area contributed by atoms with Crippen LogP contribution in [0.3, 0.4) is 0 Å². The molecule has 6 heteroatoms. The molecule has 0 spiro atoms. The lowest BCUT2D eigenvalue weighted by molar-refractivity contribution is -0.138. The average molecular weight is 300 g/mol. The molecule has 116 valence electrons. The fourth-order valence-electron chi connectivity index (χ4n) is 2.47. The van der Waals surface area contributed by atoms with Gasteiger partial charge in [-0.2, -0.15) is 13.2 Å². The molecule has 1 fully saturated rings. The number of amides is 1. The minimum Gasteiger partial charge on any atom is -0.340 e. The van der Waals surface area contributed by atoms with Gasteiger partial charge in [-0.1, -0.05) is 19.1 Å². The summed E-state index contributed by atoms with van der Waals surface area (Å²) in [5.41, 5.74) is 0.0892. The summed E-state index contributed by atoms with van der Waals surface area (Å²) in [6.45, 7) is 4.78. The Labute approximate surface area is 122 Å². The van der Waals surface area contributed by atoms with Crippen LogP contribution in [0.25, 0.3) is 0 Å². The van der Waals surface area contributed by atoms with Crippen LogP contribution in [-0.4, -0.2) is 37.0 Å². The number of nitrogens with one attached hydrogen (secondary N) is 1. The third-order valence-electron chi connectivity index (χ3n) is 3.67. The van der Waals surface area contributed by atoms with Crippen LogP contribution in [0.1, 0.15) is 18.1 Å². The van der Waals surface area contributed by atoms with Crippen molar-refractivity contribution in [1.82, 2.24) is 10.2 Å². The number of halogens is 3. The van der Waals surface area contributed by atoms with Crippen molar-refractivity contribution in [1.29, 1.82) is 0 Å². The molecule has 0 bridgehead atoms. The lowest BCUT2D eigenvalue weighted by atomic mass is 9.98. The maximum Gasteiger partial charge on any atom is 0.416 e. The van der Waals surface area contributed by atoms with E-state index in [9.17, 15) is 18.0 Å². The molecule has 1 aromatic rings. The van der Waals surface area contributed by atoms with Crippen molar-refractivity contribution in [3.63, 3.8) is 0 Å². The number of rotatable bonds is 3. The van der Waals surface area contributed by atoms with Crippen molar-refractivity contribution >= 4 is 5.91 Å². The van der Waals surface area contributed by atoms with Gasteiger partial charge in [-0.05, 0) is 24.1 Å². The second-order valence-corrected chi connectivity index (χ2v) is 5.38. The van der Waals surface area contributed by atoms with E-state index in [0.717, 1.165) is 30.8 Å². The molecular weight excluding hydrogens is 281 g/mol. The van der Waals surface area contributed by atoms with E-state index in [4.69, 9.17) is 0 Å². The fraction of sp³-hybridized carbons (Fsp3) is 0.533. The van der Waals surface area contributed by atoms with E-state index in [1.165, 1.54) is 12.1 Å². The standard InChI is InChI=1S/C15H19F3N2O/c1-11(14(21)20-8-6-19-7-9-20)10-12-2-4-13(5-3-12)15(16,17)18/h2-5,11,19H,6-10H2,1H3. The van der Waals surface area contributed by atoms with Crippen LogP contribution in [0, 0.1) is 5.92 Å². The van der Waals surface area contributed by atoms with Crippen molar-refractivity contribution in [3.8, 4) is 0 Å². The second kappa shape index (κ2) is 6.47. The molecule has 1 saturated heterocycles. The summed E-state index contributed by atoms with van der Waals surface area (Å²) in [6, 6.07) is 5.03. The maximum absolute atomic E-state index is 12.5. The van der Waals surface area contributed by atoms with E-state index in [2.05, 4.69) is 5.32 Å². The van der Waals surface area contributed by atoms with Gasteiger partial charge in [-0.3, -0.25) is 4.79 Å². The van der Waals surface area contributed by atoms with Crippen LogP contribution in [0.2, 0.25) is 0 Å². The molecule has 0 radical (unpaired) electrons. The minimum atomic E-state index is -4.32. The maximum atomic E-state index is 12.5. The number of carbonyl (C=O) groups excluding carboxylic acids is 1. The monoisotopic (exact) mass is 300 g/mol. The molecule has 1 aromatic carbocycles. The van der Waals surface area contributed by atoms with Crippen molar-refractivity contribution in [2.75, 3.05) is 26.2 Å². The number of piperazine rings is 1. The van der Waals surface area contributed by atoms with E-state index >= 15 is 0 Å². The van der Waals surface area contributed by atoms with Crippen molar-refractivity contribution in [2.45, 2.75) is 19.5 Å². The quantitative estimate of drug-likeness (QED) is 0.929. The predicted octanol–water partition coefficient (Wildman–Crippen LogP) is 2.32. The van der Waals surface area contributed by atoms with Crippen molar-refractivity contribution < 1.29 is 18.0 Å². The summed E-state index contributed by atoms with van der Waals surface area (Å²) in [6.07, 6.45) is -3.86. The molecule has 1 heterocycles. The first-order chi connectivity index (χ1) is 9.88. The Balaban J connectivity index is 1.95. The van der Waals surface area contributed by atoms with Gasteiger partial charge in [-0.25, -0.2) is 0 Å². The molecule has 0 aliphatic carbocycles. The lowest BCUT2D eigenvalue weighted by Crippen LogP contribution is -2.48. The molecule has 1 amide bonds. The smallest absolute Gasteiger partial charge is 0.340 e. The highest BCUT2D eigenvalue weighted by Gasteiger charge is 2.30.